The van der Waals surface area contributed by atoms with Gasteiger partial charge in [0.15, 0.2) is 18.2 Å². The molecule has 1 aliphatic carbocycles. The van der Waals surface area contributed by atoms with Crippen LogP contribution in [0.3, 0.4) is 0 Å². The minimum absolute atomic E-state index is 0.00530. The van der Waals surface area contributed by atoms with Crippen LogP contribution in [0.15, 0.2) is 60.7 Å². The number of benzene rings is 3. The molecule has 9 nitrogen and oxygen atoms in total. The highest BCUT2D eigenvalue weighted by molar-refractivity contribution is 6.36. The Labute approximate surface area is 218 Å². The van der Waals surface area contributed by atoms with Crippen LogP contribution < -0.4 is 15.4 Å². The Morgan fingerprint density at radius 3 is 2.18 bits per heavy atom. The van der Waals surface area contributed by atoms with Crippen molar-refractivity contribution in [1.82, 2.24) is 5.32 Å². The number of hydrogen-bond donors (Lipinski definition) is 2. The van der Waals surface area contributed by atoms with Gasteiger partial charge in [0, 0.05) is 27.8 Å². The summed E-state index contributed by atoms with van der Waals surface area (Å²) in [6.07, 6.45) is 0. The quantitative estimate of drug-likeness (QED) is 0.325. The molecule has 0 fully saturated rings. The van der Waals surface area contributed by atoms with Crippen LogP contribution in [0.4, 0.5) is 14.5 Å². The van der Waals surface area contributed by atoms with Crippen molar-refractivity contribution in [3.05, 3.63) is 93.5 Å². The topological polar surface area (TPSA) is 128 Å². The average molecular weight is 543 g/mol. The van der Waals surface area contributed by atoms with Crippen molar-refractivity contribution in [3.63, 3.8) is 0 Å². The molecule has 0 saturated heterocycles. The standard InChI is InChI=1S/C26H17ClF2N2O7/c27-19-9-17-18(24(35)16-7-2-1-6-15(16)23(17)34)10-20(19)31-21(32)12-37-22(33)11-30-25(36)13-4-3-5-14(8-13)38-26(28)29/h1-10,26H,11-12H2,(H,30,36)(H,31,32). The van der Waals surface area contributed by atoms with Crippen molar-refractivity contribution in [2.45, 2.75) is 6.61 Å². The molecule has 1 aliphatic rings. The summed E-state index contributed by atoms with van der Waals surface area (Å²) in [7, 11) is 0. The van der Waals surface area contributed by atoms with Crippen LogP contribution in [-0.2, 0) is 14.3 Å². The fourth-order valence-corrected chi connectivity index (χ4v) is 3.88. The lowest BCUT2D eigenvalue weighted by atomic mass is 9.84. The molecule has 3 aromatic carbocycles. The maximum atomic E-state index is 12.9. The summed E-state index contributed by atoms with van der Waals surface area (Å²) >= 11 is 6.21. The lowest BCUT2D eigenvalue weighted by molar-refractivity contribution is -0.146. The first-order valence-electron chi connectivity index (χ1n) is 10.9. The Kier molecular flexibility index (Phi) is 7.77. The van der Waals surface area contributed by atoms with Crippen molar-refractivity contribution in [1.29, 1.82) is 0 Å². The molecule has 0 saturated carbocycles. The zero-order valence-electron chi connectivity index (χ0n) is 19.3. The van der Waals surface area contributed by atoms with Crippen LogP contribution in [0.2, 0.25) is 5.02 Å². The number of amides is 2. The number of anilines is 1. The number of ether oxygens (including phenoxy) is 2. The monoisotopic (exact) mass is 542 g/mol. The fourth-order valence-electron chi connectivity index (χ4n) is 3.67. The number of rotatable bonds is 8. The molecule has 0 aromatic heterocycles. The molecule has 194 valence electrons. The lowest BCUT2D eigenvalue weighted by Crippen LogP contribution is -2.32. The second-order valence-corrected chi connectivity index (χ2v) is 8.29. The summed E-state index contributed by atoms with van der Waals surface area (Å²) in [6.45, 7) is -4.41. The second kappa shape index (κ2) is 11.2. The van der Waals surface area contributed by atoms with Crippen LogP contribution in [-0.4, -0.2) is 49.1 Å². The minimum Gasteiger partial charge on any atom is -0.454 e. The van der Waals surface area contributed by atoms with Crippen LogP contribution in [0.25, 0.3) is 0 Å². The van der Waals surface area contributed by atoms with Gasteiger partial charge in [0.1, 0.15) is 12.3 Å². The van der Waals surface area contributed by atoms with Gasteiger partial charge in [-0.3, -0.25) is 24.0 Å². The smallest absolute Gasteiger partial charge is 0.387 e. The van der Waals surface area contributed by atoms with E-state index in [4.69, 9.17) is 16.3 Å². The summed E-state index contributed by atoms with van der Waals surface area (Å²) < 4.78 is 33.7. The van der Waals surface area contributed by atoms with E-state index in [1.54, 1.807) is 12.1 Å². The number of ketones is 2. The molecule has 0 aliphatic heterocycles. The van der Waals surface area contributed by atoms with Crippen LogP contribution in [0.5, 0.6) is 5.75 Å². The summed E-state index contributed by atoms with van der Waals surface area (Å²) in [4.78, 5) is 62.0. The lowest BCUT2D eigenvalue weighted by Gasteiger charge is -2.19. The number of nitrogens with one attached hydrogen (secondary N) is 2. The Morgan fingerprint density at radius 1 is 0.868 bits per heavy atom. The maximum Gasteiger partial charge on any atom is 0.387 e. The minimum atomic E-state index is -3.06. The number of fused-ring (bicyclic) bond motifs is 2. The number of alkyl halides is 2. The molecule has 0 spiro atoms. The number of hydrogen-bond acceptors (Lipinski definition) is 7. The first-order valence-corrected chi connectivity index (χ1v) is 11.3. The Bertz CT molecular complexity index is 1480. The number of carbonyl (C=O) groups is 5. The van der Waals surface area contributed by atoms with Crippen LogP contribution in [0, 0.1) is 0 Å². The third kappa shape index (κ3) is 5.84. The molecular weight excluding hydrogens is 526 g/mol. The number of halogens is 3. The molecule has 0 radical (unpaired) electrons. The van der Waals surface area contributed by atoms with E-state index in [1.165, 1.54) is 42.5 Å². The van der Waals surface area contributed by atoms with E-state index in [0.29, 0.717) is 0 Å². The normalized spacial score (nSPS) is 11.9. The van der Waals surface area contributed by atoms with Crippen molar-refractivity contribution >= 4 is 46.6 Å². The molecule has 3 aromatic rings. The van der Waals surface area contributed by atoms with E-state index >= 15 is 0 Å². The van der Waals surface area contributed by atoms with E-state index in [-0.39, 0.29) is 50.1 Å². The molecule has 12 heteroatoms. The molecule has 2 amide bonds. The Balaban J connectivity index is 1.32. The predicted molar refractivity (Wildman–Crippen MR) is 130 cm³/mol. The molecule has 0 unspecified atom stereocenters. The van der Waals surface area contributed by atoms with Gasteiger partial charge in [0.05, 0.1) is 10.7 Å². The van der Waals surface area contributed by atoms with Gasteiger partial charge in [-0.25, -0.2) is 0 Å². The van der Waals surface area contributed by atoms with E-state index in [1.807, 2.05) is 0 Å². The number of esters is 1. The van der Waals surface area contributed by atoms with Crippen molar-refractivity contribution in [3.8, 4) is 5.75 Å². The van der Waals surface area contributed by atoms with E-state index in [0.717, 1.165) is 6.07 Å². The molecular formula is C26H17ClF2N2O7. The largest absolute Gasteiger partial charge is 0.454 e. The van der Waals surface area contributed by atoms with Crippen LogP contribution in [0.1, 0.15) is 42.2 Å². The van der Waals surface area contributed by atoms with Crippen LogP contribution >= 0.6 is 11.6 Å². The highest BCUT2D eigenvalue weighted by atomic mass is 35.5. The average Bonchev–Trinajstić information content (AvgIpc) is 2.89. The molecule has 2 N–H and O–H groups in total. The van der Waals surface area contributed by atoms with E-state index < -0.39 is 43.3 Å². The zero-order chi connectivity index (χ0) is 27.4. The van der Waals surface area contributed by atoms with Gasteiger partial charge in [-0.05, 0) is 30.3 Å². The zero-order valence-corrected chi connectivity index (χ0v) is 20.0. The first kappa shape index (κ1) is 26.4. The highest BCUT2D eigenvalue weighted by Crippen LogP contribution is 2.33. The SMILES string of the molecule is O=C(COC(=O)CNC(=O)c1cccc(OC(F)F)c1)Nc1cc2c(cc1Cl)C(=O)c1ccccc1C2=O. The molecule has 0 atom stereocenters. The van der Waals surface area contributed by atoms with E-state index in [2.05, 4.69) is 15.4 Å². The van der Waals surface area contributed by atoms with Crippen molar-refractivity contribution in [2.75, 3.05) is 18.5 Å². The Hall–Kier alpha value is -4.64. The van der Waals surface area contributed by atoms with Gasteiger partial charge >= 0.3 is 12.6 Å². The molecule has 0 heterocycles. The second-order valence-electron chi connectivity index (χ2n) is 7.88. The molecule has 38 heavy (non-hydrogen) atoms. The van der Waals surface area contributed by atoms with Crippen molar-refractivity contribution in [2.24, 2.45) is 0 Å². The first-order chi connectivity index (χ1) is 18.1. The fraction of sp³-hybridized carbons (Fsp3) is 0.115. The summed E-state index contributed by atoms with van der Waals surface area (Å²) in [5.74, 6) is -3.52. The van der Waals surface area contributed by atoms with E-state index in [9.17, 15) is 32.8 Å². The van der Waals surface area contributed by atoms with Gasteiger partial charge in [0.25, 0.3) is 11.8 Å². The molecule has 0 bridgehead atoms. The third-order valence-corrected chi connectivity index (χ3v) is 5.68. The van der Waals surface area contributed by atoms with Crippen molar-refractivity contribution < 1.29 is 42.2 Å². The van der Waals surface area contributed by atoms with Gasteiger partial charge in [-0.2, -0.15) is 8.78 Å². The Morgan fingerprint density at radius 2 is 1.53 bits per heavy atom. The summed E-state index contributed by atoms with van der Waals surface area (Å²) in [5.41, 5.74) is 0.652. The predicted octanol–water partition coefficient (Wildman–Crippen LogP) is 3.63. The third-order valence-electron chi connectivity index (χ3n) is 5.37. The van der Waals surface area contributed by atoms with Gasteiger partial charge < -0.3 is 20.1 Å². The summed E-state index contributed by atoms with van der Waals surface area (Å²) in [6, 6.07) is 13.8. The van der Waals surface area contributed by atoms with Gasteiger partial charge in [-0.15, -0.1) is 0 Å². The number of carbonyl (C=O) groups excluding carboxylic acids is 5. The molecule has 4 rings (SSSR count). The summed E-state index contributed by atoms with van der Waals surface area (Å²) in [5, 5.41) is 4.64. The van der Waals surface area contributed by atoms with Gasteiger partial charge in [0.2, 0.25) is 0 Å². The highest BCUT2D eigenvalue weighted by Gasteiger charge is 2.30. The maximum absolute atomic E-state index is 12.9. The van der Waals surface area contributed by atoms with Gasteiger partial charge in [-0.1, -0.05) is 41.9 Å².